The predicted octanol–water partition coefficient (Wildman–Crippen LogP) is 2.68. The summed E-state index contributed by atoms with van der Waals surface area (Å²) >= 11 is 4.85. The van der Waals surface area contributed by atoms with Gasteiger partial charge in [0.1, 0.15) is 11.5 Å². The zero-order valence-corrected chi connectivity index (χ0v) is 15.9. The summed E-state index contributed by atoms with van der Waals surface area (Å²) in [6.07, 6.45) is 2.92. The van der Waals surface area contributed by atoms with Gasteiger partial charge in [-0.3, -0.25) is 14.8 Å². The van der Waals surface area contributed by atoms with Gasteiger partial charge in [0, 0.05) is 31.2 Å². The summed E-state index contributed by atoms with van der Waals surface area (Å²) in [6, 6.07) is 3.20. The fourth-order valence-corrected chi connectivity index (χ4v) is 2.04. The minimum atomic E-state index is -1.58. The molecular formula is C17H24FN5OS. The monoisotopic (exact) mass is 365 g/mol. The first-order chi connectivity index (χ1) is 11.7. The quantitative estimate of drug-likeness (QED) is 0.375. The molecule has 1 aromatic heterocycles. The van der Waals surface area contributed by atoms with Crippen molar-refractivity contribution in [2.24, 2.45) is 4.99 Å². The number of amides is 1. The highest BCUT2D eigenvalue weighted by atomic mass is 32.1. The predicted molar refractivity (Wildman–Crippen MR) is 104 cm³/mol. The number of pyridine rings is 1. The van der Waals surface area contributed by atoms with Crippen LogP contribution in [0.25, 0.3) is 0 Å². The van der Waals surface area contributed by atoms with Crippen molar-refractivity contribution >= 4 is 35.5 Å². The van der Waals surface area contributed by atoms with Crippen LogP contribution in [-0.2, 0) is 10.5 Å². The van der Waals surface area contributed by atoms with E-state index in [2.05, 4.69) is 25.9 Å². The normalized spacial score (nSPS) is 12.8. The van der Waals surface area contributed by atoms with Gasteiger partial charge in [-0.25, -0.2) is 4.39 Å². The molecule has 0 saturated carbocycles. The van der Waals surface area contributed by atoms with E-state index in [1.807, 2.05) is 13.8 Å². The molecule has 1 aromatic rings. The number of halogens is 1. The second-order valence-electron chi connectivity index (χ2n) is 6.09. The minimum Gasteiger partial charge on any atom is -0.350 e. The molecular weight excluding hydrogens is 341 g/mol. The van der Waals surface area contributed by atoms with Crippen molar-refractivity contribution in [3.63, 3.8) is 0 Å². The van der Waals surface area contributed by atoms with Gasteiger partial charge in [0.25, 0.3) is 5.91 Å². The third-order valence-corrected chi connectivity index (χ3v) is 3.15. The summed E-state index contributed by atoms with van der Waals surface area (Å²) in [5.41, 5.74) is 0.804. The van der Waals surface area contributed by atoms with Gasteiger partial charge in [0.2, 0.25) is 0 Å². The molecule has 1 amide bonds. The Balaban J connectivity index is 3.28. The van der Waals surface area contributed by atoms with Gasteiger partial charge in [-0.2, -0.15) is 0 Å². The van der Waals surface area contributed by atoms with Gasteiger partial charge in [0.05, 0.1) is 16.8 Å². The summed E-state index contributed by atoms with van der Waals surface area (Å²) in [5, 5.41) is 8.66. The molecule has 6 nitrogen and oxygen atoms in total. The molecule has 0 spiro atoms. The maximum Gasteiger partial charge on any atom is 0.256 e. The second-order valence-corrected chi connectivity index (χ2v) is 6.33. The van der Waals surface area contributed by atoms with E-state index >= 15 is 0 Å². The van der Waals surface area contributed by atoms with Gasteiger partial charge in [-0.1, -0.05) is 12.2 Å². The lowest BCUT2D eigenvalue weighted by atomic mass is 10.1. The van der Waals surface area contributed by atoms with E-state index in [-0.39, 0.29) is 23.2 Å². The zero-order chi connectivity index (χ0) is 19.0. The standard InChI is InChI=1S/C17H24FN5OS/c1-11(2)22-16(24)13(9-19-5)15(21-10-25)23-12-6-7-20-14(8-12)17(3,4)18/h6-11H,1-5H3,(H,20,23)(H,21,25)(H,22,24)/b15-13-,19-9?. The molecule has 8 heteroatoms. The molecule has 0 aliphatic heterocycles. The number of alkyl halides is 1. The first-order valence-electron chi connectivity index (χ1n) is 7.79. The molecule has 136 valence electrons. The lowest BCUT2D eigenvalue weighted by molar-refractivity contribution is -0.117. The number of rotatable bonds is 8. The van der Waals surface area contributed by atoms with Gasteiger partial charge in [-0.15, -0.1) is 0 Å². The lowest BCUT2D eigenvalue weighted by Gasteiger charge is -2.18. The Morgan fingerprint density at radius 3 is 2.64 bits per heavy atom. The van der Waals surface area contributed by atoms with Crippen molar-refractivity contribution in [3.8, 4) is 0 Å². The number of carbonyl (C=O) groups excluding carboxylic acids is 1. The Hall–Kier alpha value is -2.35. The number of hydrogen-bond acceptors (Lipinski definition) is 5. The summed E-state index contributed by atoms with van der Waals surface area (Å²) < 4.78 is 14.1. The fourth-order valence-electron chi connectivity index (χ4n) is 1.92. The third kappa shape index (κ3) is 6.58. The average Bonchev–Trinajstić information content (AvgIpc) is 2.51. The maximum absolute atomic E-state index is 14.1. The van der Waals surface area contributed by atoms with Crippen LogP contribution in [0.2, 0.25) is 0 Å². The molecule has 1 heterocycles. The largest absolute Gasteiger partial charge is 0.350 e. The molecule has 0 fully saturated rings. The van der Waals surface area contributed by atoms with Crippen LogP contribution in [0.1, 0.15) is 33.4 Å². The van der Waals surface area contributed by atoms with Crippen LogP contribution < -0.4 is 16.0 Å². The molecule has 25 heavy (non-hydrogen) atoms. The van der Waals surface area contributed by atoms with E-state index in [0.717, 1.165) is 0 Å². The van der Waals surface area contributed by atoms with Gasteiger partial charge < -0.3 is 16.0 Å². The van der Waals surface area contributed by atoms with Crippen LogP contribution in [0.4, 0.5) is 10.1 Å². The van der Waals surface area contributed by atoms with E-state index in [4.69, 9.17) is 12.2 Å². The molecule has 0 unspecified atom stereocenters. The molecule has 3 N–H and O–H groups in total. The number of hydrogen-bond donors (Lipinski definition) is 3. The first-order valence-corrected chi connectivity index (χ1v) is 8.26. The van der Waals surface area contributed by atoms with E-state index in [1.165, 1.54) is 31.8 Å². The molecule has 0 radical (unpaired) electrons. The highest BCUT2D eigenvalue weighted by molar-refractivity contribution is 7.78. The topological polar surface area (TPSA) is 78.4 Å². The Labute approximate surface area is 153 Å². The average molecular weight is 365 g/mol. The maximum atomic E-state index is 14.1. The van der Waals surface area contributed by atoms with Gasteiger partial charge in [-0.05, 0) is 39.8 Å². The number of nitrogens with one attached hydrogen (secondary N) is 3. The Kier molecular flexibility index (Phi) is 7.63. The minimum absolute atomic E-state index is 0.0404. The summed E-state index contributed by atoms with van der Waals surface area (Å²) in [4.78, 5) is 20.4. The number of carbonyl (C=O) groups is 1. The van der Waals surface area contributed by atoms with Crippen molar-refractivity contribution in [2.75, 3.05) is 12.4 Å². The molecule has 0 saturated heterocycles. The molecule has 0 aromatic carbocycles. The molecule has 0 bridgehead atoms. The van der Waals surface area contributed by atoms with Crippen LogP contribution in [0, 0.1) is 0 Å². The van der Waals surface area contributed by atoms with Gasteiger partial charge >= 0.3 is 0 Å². The Bertz CT molecular complexity index is 680. The highest BCUT2D eigenvalue weighted by Crippen LogP contribution is 2.24. The van der Waals surface area contributed by atoms with E-state index in [1.54, 1.807) is 19.2 Å². The van der Waals surface area contributed by atoms with Crippen molar-refractivity contribution in [1.82, 2.24) is 15.6 Å². The van der Waals surface area contributed by atoms with E-state index < -0.39 is 5.67 Å². The van der Waals surface area contributed by atoms with Crippen LogP contribution in [0.15, 0.2) is 34.7 Å². The van der Waals surface area contributed by atoms with Crippen LogP contribution >= 0.6 is 12.2 Å². The summed E-state index contributed by atoms with van der Waals surface area (Å²) in [5.74, 6) is 0.0279. The number of anilines is 1. The molecule has 0 aliphatic rings. The summed E-state index contributed by atoms with van der Waals surface area (Å²) in [6.45, 7) is 6.57. The highest BCUT2D eigenvalue weighted by Gasteiger charge is 2.21. The smallest absolute Gasteiger partial charge is 0.256 e. The lowest BCUT2D eigenvalue weighted by Crippen LogP contribution is -2.35. The number of thiocarbonyl (C=S) groups is 1. The fraction of sp³-hybridized carbons (Fsp3) is 0.412. The number of nitrogens with zero attached hydrogens (tertiary/aromatic N) is 2. The van der Waals surface area contributed by atoms with E-state index in [9.17, 15) is 9.18 Å². The van der Waals surface area contributed by atoms with Gasteiger partial charge in [0.15, 0.2) is 0 Å². The Morgan fingerprint density at radius 1 is 1.44 bits per heavy atom. The number of aliphatic imine (C=N–C) groups is 1. The third-order valence-electron chi connectivity index (χ3n) is 3.03. The Morgan fingerprint density at radius 2 is 2.12 bits per heavy atom. The second kappa shape index (κ2) is 9.22. The van der Waals surface area contributed by atoms with Crippen LogP contribution in [0.3, 0.4) is 0 Å². The number of aromatic nitrogens is 1. The van der Waals surface area contributed by atoms with Crippen LogP contribution in [-0.4, -0.2) is 35.7 Å². The van der Waals surface area contributed by atoms with E-state index in [0.29, 0.717) is 11.5 Å². The van der Waals surface area contributed by atoms with Crippen molar-refractivity contribution in [2.45, 2.75) is 39.4 Å². The van der Waals surface area contributed by atoms with Crippen molar-refractivity contribution in [1.29, 1.82) is 0 Å². The van der Waals surface area contributed by atoms with Crippen molar-refractivity contribution in [3.05, 3.63) is 35.4 Å². The SMILES string of the molecule is CN=C/C(C(=O)NC(C)C)=C(\NC=S)Nc1ccnc(C(C)(C)F)c1. The first kappa shape index (κ1) is 20.7. The van der Waals surface area contributed by atoms with Crippen LogP contribution in [0.5, 0.6) is 0 Å². The zero-order valence-electron chi connectivity index (χ0n) is 15.1. The molecule has 1 rings (SSSR count). The molecule has 0 aliphatic carbocycles. The summed E-state index contributed by atoms with van der Waals surface area (Å²) in [7, 11) is 1.56. The molecule has 0 atom stereocenters. The van der Waals surface area contributed by atoms with Crippen molar-refractivity contribution < 1.29 is 9.18 Å².